The molecule has 4 saturated heterocycles. The van der Waals surface area contributed by atoms with E-state index in [9.17, 15) is 4.79 Å². The summed E-state index contributed by atoms with van der Waals surface area (Å²) >= 11 is 0. The van der Waals surface area contributed by atoms with E-state index < -0.39 is 0 Å². The van der Waals surface area contributed by atoms with E-state index in [4.69, 9.17) is 9.47 Å². The average Bonchev–Trinajstić information content (AvgIpc) is 3.37. The zero-order valence-corrected chi connectivity index (χ0v) is 19.7. The van der Waals surface area contributed by atoms with Crippen LogP contribution in [0.25, 0.3) is 0 Å². The van der Waals surface area contributed by atoms with E-state index in [0.717, 1.165) is 51.1 Å². The number of ether oxygens (including phenoxy) is 2. The van der Waals surface area contributed by atoms with Crippen LogP contribution >= 0.6 is 0 Å². The first-order chi connectivity index (χ1) is 16.7. The van der Waals surface area contributed by atoms with Crippen molar-refractivity contribution in [2.75, 3.05) is 64.1 Å². The predicted molar refractivity (Wildman–Crippen MR) is 132 cm³/mol. The highest BCUT2D eigenvalue weighted by Crippen LogP contribution is 2.37. The minimum Gasteiger partial charge on any atom is -0.454 e. The minimum atomic E-state index is -0.0335. The van der Waals surface area contributed by atoms with Crippen molar-refractivity contribution in [3.8, 4) is 11.5 Å². The first-order valence-corrected chi connectivity index (χ1v) is 12.7. The monoisotopic (exact) mass is 462 g/mol. The number of piperidine rings is 3. The second kappa shape index (κ2) is 9.47. The molecule has 5 heterocycles. The van der Waals surface area contributed by atoms with Crippen LogP contribution in [0.15, 0.2) is 48.5 Å². The lowest BCUT2D eigenvalue weighted by molar-refractivity contribution is -0.0120. The Morgan fingerprint density at radius 3 is 2.59 bits per heavy atom. The highest BCUT2D eigenvalue weighted by Gasteiger charge is 2.40. The summed E-state index contributed by atoms with van der Waals surface area (Å²) in [5, 5.41) is 3.17. The summed E-state index contributed by atoms with van der Waals surface area (Å²) in [4.78, 5) is 20.5. The van der Waals surface area contributed by atoms with E-state index in [0.29, 0.717) is 29.6 Å². The Bertz CT molecular complexity index is 1010. The number of nitrogens with zero attached hydrogens (tertiary/aromatic N) is 3. The molecule has 180 valence electrons. The number of hydrogen-bond donors (Lipinski definition) is 1. The number of carbonyl (C=O) groups is 1. The van der Waals surface area contributed by atoms with Crippen LogP contribution in [0.4, 0.5) is 5.69 Å². The van der Waals surface area contributed by atoms with E-state index in [1.54, 1.807) is 6.07 Å². The van der Waals surface area contributed by atoms with Gasteiger partial charge in [0.25, 0.3) is 5.91 Å². The summed E-state index contributed by atoms with van der Waals surface area (Å²) in [6.45, 7) is 8.98. The lowest BCUT2D eigenvalue weighted by atomic mass is 9.75. The summed E-state index contributed by atoms with van der Waals surface area (Å²) in [5.41, 5.74) is 1.98. The van der Waals surface area contributed by atoms with E-state index in [1.807, 2.05) is 12.1 Å². The molecule has 2 bridgehead atoms. The molecule has 0 aromatic heterocycles. The molecule has 1 amide bonds. The van der Waals surface area contributed by atoms with Gasteiger partial charge in [-0.15, -0.1) is 0 Å². The zero-order valence-electron chi connectivity index (χ0n) is 19.7. The average molecular weight is 463 g/mol. The largest absolute Gasteiger partial charge is 0.454 e. The van der Waals surface area contributed by atoms with Gasteiger partial charge in [-0.3, -0.25) is 14.6 Å². The topological polar surface area (TPSA) is 57.3 Å². The Kier molecular flexibility index (Phi) is 6.05. The highest BCUT2D eigenvalue weighted by molar-refractivity contribution is 5.94. The molecule has 4 atom stereocenters. The molecule has 7 rings (SSSR count). The number of nitrogens with one attached hydrogen (secondary N) is 1. The van der Waals surface area contributed by atoms with Gasteiger partial charge in [0.1, 0.15) is 0 Å². The van der Waals surface area contributed by atoms with Gasteiger partial charge in [0.05, 0.1) is 0 Å². The second-order valence-electron chi connectivity index (χ2n) is 10.1. The standard InChI is InChI=1S/C27H34N4O3/c32-27(21-6-7-25-26(15-21)34-19-33-25)28-16-24-14-20-8-9-31(24)18-22(20)17-29-10-12-30(13-11-29)23-4-2-1-3-5-23/h1-7,15,20,22,24H,8-14,16-19H2,(H,28,32)/t20-,22+,24+/m0/s1. The maximum absolute atomic E-state index is 12.7. The fraction of sp³-hybridized carbons (Fsp3) is 0.519. The van der Waals surface area contributed by atoms with Crippen LogP contribution in [0.2, 0.25) is 0 Å². The molecule has 1 N–H and O–H groups in total. The second-order valence-corrected chi connectivity index (χ2v) is 10.1. The fourth-order valence-electron chi connectivity index (χ4n) is 6.18. The molecule has 7 nitrogen and oxygen atoms in total. The molecular weight excluding hydrogens is 428 g/mol. The van der Waals surface area contributed by atoms with Gasteiger partial charge in [-0.05, 0) is 61.6 Å². The Labute approximate surface area is 201 Å². The highest BCUT2D eigenvalue weighted by atomic mass is 16.7. The minimum absolute atomic E-state index is 0.0335. The van der Waals surface area contributed by atoms with Crippen molar-refractivity contribution < 1.29 is 14.3 Å². The summed E-state index contributed by atoms with van der Waals surface area (Å²) in [5.74, 6) is 2.84. The van der Waals surface area contributed by atoms with Crippen molar-refractivity contribution in [3.05, 3.63) is 54.1 Å². The summed E-state index contributed by atoms with van der Waals surface area (Å²) in [6.07, 6.45) is 2.48. The summed E-state index contributed by atoms with van der Waals surface area (Å²) in [6, 6.07) is 16.6. The third-order valence-electron chi connectivity index (χ3n) is 8.13. The van der Waals surface area contributed by atoms with Crippen LogP contribution in [-0.2, 0) is 0 Å². The molecule has 2 aromatic carbocycles. The number of para-hydroxylation sites is 1. The number of hydrogen-bond acceptors (Lipinski definition) is 6. The third kappa shape index (κ3) is 4.46. The van der Waals surface area contributed by atoms with Gasteiger partial charge in [-0.2, -0.15) is 0 Å². The number of amides is 1. The molecule has 5 aliphatic heterocycles. The number of benzene rings is 2. The molecular formula is C27H34N4O3. The Morgan fingerprint density at radius 1 is 0.971 bits per heavy atom. The van der Waals surface area contributed by atoms with E-state index in [-0.39, 0.29) is 12.7 Å². The molecule has 5 aliphatic rings. The summed E-state index contributed by atoms with van der Waals surface area (Å²) < 4.78 is 10.8. The van der Waals surface area contributed by atoms with Gasteiger partial charge in [-0.25, -0.2) is 0 Å². The van der Waals surface area contributed by atoms with Crippen molar-refractivity contribution in [2.45, 2.75) is 18.9 Å². The lowest BCUT2D eigenvalue weighted by Crippen LogP contribution is -2.59. The SMILES string of the molecule is O=C(NC[C@H]1C[C@@H]2CCN1C[C@H]2CN1CCN(c2ccccc2)CC1)c1ccc2c(c1)OCO2. The number of piperazine rings is 1. The van der Waals surface area contributed by atoms with E-state index in [2.05, 4.69) is 50.3 Å². The maximum atomic E-state index is 12.7. The first kappa shape index (κ1) is 21.7. The van der Waals surface area contributed by atoms with Crippen molar-refractivity contribution >= 4 is 11.6 Å². The van der Waals surface area contributed by atoms with Crippen LogP contribution in [0.3, 0.4) is 0 Å². The molecule has 0 radical (unpaired) electrons. The van der Waals surface area contributed by atoms with Gasteiger partial charge >= 0.3 is 0 Å². The molecule has 7 heteroatoms. The molecule has 0 aliphatic carbocycles. The van der Waals surface area contributed by atoms with Crippen LogP contribution in [0, 0.1) is 11.8 Å². The van der Waals surface area contributed by atoms with Gasteiger partial charge in [0.2, 0.25) is 6.79 Å². The van der Waals surface area contributed by atoms with E-state index in [1.165, 1.54) is 25.1 Å². The number of carbonyl (C=O) groups excluding carboxylic acids is 1. The van der Waals surface area contributed by atoms with Gasteiger partial charge < -0.3 is 19.7 Å². The smallest absolute Gasteiger partial charge is 0.251 e. The number of fused-ring (bicyclic) bond motifs is 4. The van der Waals surface area contributed by atoms with Gasteiger partial charge in [-0.1, -0.05) is 18.2 Å². The van der Waals surface area contributed by atoms with Crippen LogP contribution in [0.5, 0.6) is 11.5 Å². The Hall–Kier alpha value is -2.77. The van der Waals surface area contributed by atoms with Crippen LogP contribution in [0.1, 0.15) is 23.2 Å². The maximum Gasteiger partial charge on any atom is 0.251 e. The molecule has 34 heavy (non-hydrogen) atoms. The Morgan fingerprint density at radius 2 is 1.79 bits per heavy atom. The van der Waals surface area contributed by atoms with E-state index >= 15 is 0 Å². The Balaban J connectivity index is 0.979. The molecule has 2 aromatic rings. The fourth-order valence-corrected chi connectivity index (χ4v) is 6.18. The summed E-state index contributed by atoms with van der Waals surface area (Å²) in [7, 11) is 0. The van der Waals surface area contributed by atoms with Gasteiger partial charge in [0, 0.05) is 63.1 Å². The molecule has 0 spiro atoms. The normalized spacial score (nSPS) is 28.2. The van der Waals surface area contributed by atoms with Gasteiger partial charge in [0.15, 0.2) is 11.5 Å². The van der Waals surface area contributed by atoms with Crippen molar-refractivity contribution in [1.29, 1.82) is 0 Å². The number of rotatable bonds is 6. The number of anilines is 1. The molecule has 4 fully saturated rings. The van der Waals surface area contributed by atoms with Crippen molar-refractivity contribution in [2.24, 2.45) is 11.8 Å². The van der Waals surface area contributed by atoms with Crippen LogP contribution in [-0.4, -0.2) is 80.9 Å². The first-order valence-electron chi connectivity index (χ1n) is 12.7. The molecule has 0 saturated carbocycles. The quantitative estimate of drug-likeness (QED) is 0.713. The van der Waals surface area contributed by atoms with Crippen LogP contribution < -0.4 is 19.7 Å². The van der Waals surface area contributed by atoms with Crippen molar-refractivity contribution in [1.82, 2.24) is 15.1 Å². The van der Waals surface area contributed by atoms with Crippen molar-refractivity contribution in [3.63, 3.8) is 0 Å². The zero-order chi connectivity index (χ0) is 22.9. The third-order valence-corrected chi connectivity index (χ3v) is 8.13. The molecule has 1 unspecified atom stereocenters. The predicted octanol–water partition coefficient (Wildman–Crippen LogP) is 2.68. The lowest BCUT2D eigenvalue weighted by Gasteiger charge is -2.51.